The molecule has 0 spiro atoms. The number of imide groups is 1. The van der Waals surface area contributed by atoms with Crippen LogP contribution in [-0.2, 0) is 22.7 Å². The molecule has 1 aliphatic rings. The van der Waals surface area contributed by atoms with Crippen LogP contribution in [0.5, 0.6) is 5.75 Å². The van der Waals surface area contributed by atoms with Crippen molar-refractivity contribution in [3.05, 3.63) is 94.0 Å². The van der Waals surface area contributed by atoms with E-state index >= 15 is 0 Å². The first kappa shape index (κ1) is 22.2. The number of carbonyl (C=O) groups is 3. The zero-order chi connectivity index (χ0) is 23.4. The fourth-order valence-corrected chi connectivity index (χ4v) is 3.34. The van der Waals surface area contributed by atoms with Crippen LogP contribution in [0.15, 0.2) is 70.8 Å². The van der Waals surface area contributed by atoms with Crippen molar-refractivity contribution in [3.8, 4) is 5.75 Å². The van der Waals surface area contributed by atoms with E-state index in [-0.39, 0.29) is 23.8 Å². The summed E-state index contributed by atoms with van der Waals surface area (Å²) in [6.45, 7) is 0.210. The third-order valence-corrected chi connectivity index (χ3v) is 5.24. The highest BCUT2D eigenvalue weighted by atomic mass is 35.5. The van der Waals surface area contributed by atoms with Gasteiger partial charge in [-0.05, 0) is 42.0 Å². The van der Waals surface area contributed by atoms with E-state index in [1.807, 2.05) is 18.2 Å². The van der Waals surface area contributed by atoms with Gasteiger partial charge in [0.2, 0.25) is 5.76 Å². The number of ether oxygens (including phenoxy) is 2. The first-order valence-corrected chi connectivity index (χ1v) is 10.3. The quantitative estimate of drug-likeness (QED) is 0.315. The van der Waals surface area contributed by atoms with Crippen LogP contribution in [0.2, 0.25) is 5.02 Å². The summed E-state index contributed by atoms with van der Waals surface area (Å²) >= 11 is 6.14. The number of amides is 3. The first-order valence-electron chi connectivity index (χ1n) is 9.92. The monoisotopic (exact) mass is 466 g/mol. The van der Waals surface area contributed by atoms with Gasteiger partial charge < -0.3 is 19.2 Å². The van der Waals surface area contributed by atoms with Gasteiger partial charge in [-0.3, -0.25) is 9.69 Å². The molecule has 1 aliphatic heterocycles. The van der Waals surface area contributed by atoms with Crippen LogP contribution in [0, 0.1) is 0 Å². The first-order chi connectivity index (χ1) is 15.9. The Morgan fingerprint density at radius 3 is 2.58 bits per heavy atom. The minimum absolute atomic E-state index is 0.00726. The second kappa shape index (κ2) is 9.62. The van der Waals surface area contributed by atoms with E-state index in [4.69, 9.17) is 20.8 Å². The van der Waals surface area contributed by atoms with Crippen LogP contribution >= 0.6 is 11.6 Å². The highest BCUT2D eigenvalue weighted by Gasteiger charge is 2.34. The van der Waals surface area contributed by atoms with Gasteiger partial charge in [-0.15, -0.1) is 0 Å². The highest BCUT2D eigenvalue weighted by molar-refractivity contribution is 6.31. The summed E-state index contributed by atoms with van der Waals surface area (Å²) in [6.07, 6.45) is 1.57. The van der Waals surface area contributed by atoms with Crippen LogP contribution in [0.1, 0.15) is 27.4 Å². The molecule has 1 aromatic heterocycles. The zero-order valence-corrected chi connectivity index (χ0v) is 18.3. The standard InChI is InChI=1S/C24H19ClN2O6/c1-31-23(29)21-11-10-18(33-21)13-27-22(28)20(26-24(27)30)12-15-6-8-17(9-7-15)32-14-16-4-2-3-5-19(16)25/h2-12H,13-14H2,1H3,(H,26,30)/b20-12-. The highest BCUT2D eigenvalue weighted by Crippen LogP contribution is 2.22. The van der Waals surface area contributed by atoms with E-state index < -0.39 is 17.9 Å². The second-order valence-corrected chi connectivity index (χ2v) is 7.49. The topological polar surface area (TPSA) is 98.1 Å². The van der Waals surface area contributed by atoms with Crippen molar-refractivity contribution in [1.29, 1.82) is 0 Å². The van der Waals surface area contributed by atoms with Crippen LogP contribution in [0.4, 0.5) is 4.79 Å². The molecule has 0 saturated carbocycles. The van der Waals surface area contributed by atoms with E-state index in [0.717, 1.165) is 10.5 Å². The molecule has 33 heavy (non-hydrogen) atoms. The second-order valence-electron chi connectivity index (χ2n) is 7.09. The molecule has 0 aliphatic carbocycles. The Morgan fingerprint density at radius 2 is 1.85 bits per heavy atom. The predicted molar refractivity (Wildman–Crippen MR) is 119 cm³/mol. The molecule has 1 fully saturated rings. The van der Waals surface area contributed by atoms with Gasteiger partial charge in [-0.1, -0.05) is 41.9 Å². The maximum Gasteiger partial charge on any atom is 0.373 e. The number of nitrogens with one attached hydrogen (secondary N) is 1. The number of nitrogens with zero attached hydrogens (tertiary/aromatic N) is 1. The van der Waals surface area contributed by atoms with Gasteiger partial charge in [0.1, 0.15) is 23.8 Å². The van der Waals surface area contributed by atoms with Gasteiger partial charge in [0, 0.05) is 10.6 Å². The molecule has 0 atom stereocenters. The number of benzene rings is 2. The van der Waals surface area contributed by atoms with E-state index in [2.05, 4.69) is 10.1 Å². The third-order valence-electron chi connectivity index (χ3n) is 4.87. The normalized spacial score (nSPS) is 14.5. The summed E-state index contributed by atoms with van der Waals surface area (Å²) in [7, 11) is 1.23. The molecule has 0 radical (unpaired) electrons. The summed E-state index contributed by atoms with van der Waals surface area (Å²) < 4.78 is 15.7. The van der Waals surface area contributed by atoms with Crippen LogP contribution in [0.25, 0.3) is 6.08 Å². The Labute approximate surface area is 194 Å². The molecule has 9 heteroatoms. The van der Waals surface area contributed by atoms with Crippen molar-refractivity contribution in [1.82, 2.24) is 10.2 Å². The van der Waals surface area contributed by atoms with Crippen LogP contribution in [-0.4, -0.2) is 29.9 Å². The SMILES string of the molecule is COC(=O)c1ccc(CN2C(=O)N/C(=C\c3ccc(OCc4ccccc4Cl)cc3)C2=O)o1. The Kier molecular flexibility index (Phi) is 6.46. The number of rotatable bonds is 7. The number of hydrogen-bond donors (Lipinski definition) is 1. The minimum Gasteiger partial charge on any atom is -0.489 e. The van der Waals surface area contributed by atoms with E-state index in [9.17, 15) is 14.4 Å². The van der Waals surface area contributed by atoms with E-state index in [0.29, 0.717) is 22.9 Å². The lowest BCUT2D eigenvalue weighted by molar-refractivity contribution is -0.123. The van der Waals surface area contributed by atoms with Gasteiger partial charge in [0.05, 0.1) is 13.7 Å². The minimum atomic E-state index is -0.640. The Bertz CT molecular complexity index is 1230. The fourth-order valence-electron chi connectivity index (χ4n) is 3.15. The van der Waals surface area contributed by atoms with Crippen molar-refractivity contribution >= 4 is 35.6 Å². The number of methoxy groups -OCH3 is 1. The van der Waals surface area contributed by atoms with Crippen LogP contribution < -0.4 is 10.1 Å². The number of esters is 1. The van der Waals surface area contributed by atoms with Gasteiger partial charge in [0.25, 0.3) is 5.91 Å². The number of hydrogen-bond acceptors (Lipinski definition) is 6. The molecule has 0 unspecified atom stereocenters. The summed E-state index contributed by atoms with van der Waals surface area (Å²) in [6, 6.07) is 16.9. The van der Waals surface area contributed by atoms with Crippen LogP contribution in [0.3, 0.4) is 0 Å². The average Bonchev–Trinajstić information content (AvgIpc) is 3.39. The van der Waals surface area contributed by atoms with E-state index in [1.165, 1.54) is 19.2 Å². The number of furan rings is 1. The predicted octanol–water partition coefficient (Wildman–Crippen LogP) is 4.39. The lowest BCUT2D eigenvalue weighted by Gasteiger charge is -2.09. The van der Waals surface area contributed by atoms with Crippen molar-refractivity contribution in [2.75, 3.05) is 7.11 Å². The lowest BCUT2D eigenvalue weighted by Crippen LogP contribution is -2.30. The third kappa shape index (κ3) is 5.07. The molecular formula is C24H19ClN2O6. The number of carbonyl (C=O) groups excluding carboxylic acids is 3. The van der Waals surface area contributed by atoms with E-state index in [1.54, 1.807) is 36.4 Å². The lowest BCUT2D eigenvalue weighted by atomic mass is 10.2. The zero-order valence-electron chi connectivity index (χ0n) is 17.5. The largest absolute Gasteiger partial charge is 0.489 e. The summed E-state index contributed by atoms with van der Waals surface area (Å²) in [5.41, 5.74) is 1.71. The molecule has 4 rings (SSSR count). The van der Waals surface area contributed by atoms with Crippen molar-refractivity contribution in [3.63, 3.8) is 0 Å². The van der Waals surface area contributed by atoms with Gasteiger partial charge in [-0.2, -0.15) is 0 Å². The van der Waals surface area contributed by atoms with Gasteiger partial charge >= 0.3 is 12.0 Å². The summed E-state index contributed by atoms with van der Waals surface area (Å²) in [5, 5.41) is 3.18. The molecular weight excluding hydrogens is 448 g/mol. The Balaban J connectivity index is 1.40. The Morgan fingerprint density at radius 1 is 1.09 bits per heavy atom. The fraction of sp³-hybridized carbons (Fsp3) is 0.125. The maximum absolute atomic E-state index is 12.7. The molecule has 168 valence electrons. The number of halogens is 1. The maximum atomic E-state index is 12.7. The molecule has 8 nitrogen and oxygen atoms in total. The molecule has 2 aromatic carbocycles. The molecule has 3 amide bonds. The van der Waals surface area contributed by atoms with Gasteiger partial charge in [0.15, 0.2) is 0 Å². The Hall–Kier alpha value is -4.04. The van der Waals surface area contributed by atoms with Gasteiger partial charge in [-0.25, -0.2) is 9.59 Å². The summed E-state index contributed by atoms with van der Waals surface area (Å²) in [4.78, 5) is 37.5. The molecule has 1 N–H and O–H groups in total. The molecule has 2 heterocycles. The molecule has 3 aromatic rings. The molecule has 1 saturated heterocycles. The summed E-state index contributed by atoms with van der Waals surface area (Å²) in [5.74, 6) is -0.236. The smallest absolute Gasteiger partial charge is 0.373 e. The van der Waals surface area contributed by atoms with Crippen molar-refractivity contribution in [2.45, 2.75) is 13.2 Å². The number of urea groups is 1. The average molecular weight is 467 g/mol. The van der Waals surface area contributed by atoms with Crippen molar-refractivity contribution < 1.29 is 28.3 Å². The molecule has 0 bridgehead atoms. The van der Waals surface area contributed by atoms with Crippen molar-refractivity contribution in [2.24, 2.45) is 0 Å².